The summed E-state index contributed by atoms with van der Waals surface area (Å²) in [5.41, 5.74) is 3.34. The molecule has 166 valence electrons. The third kappa shape index (κ3) is 4.77. The number of aryl methyl sites for hydroxylation is 3. The molecular formula is C22H28ClN5O2S. The predicted molar refractivity (Wildman–Crippen MR) is 126 cm³/mol. The molecule has 2 aromatic heterocycles. The van der Waals surface area contributed by atoms with Crippen LogP contribution in [0.15, 0.2) is 18.2 Å². The van der Waals surface area contributed by atoms with Crippen molar-refractivity contribution >= 4 is 44.2 Å². The summed E-state index contributed by atoms with van der Waals surface area (Å²) in [5.74, 6) is -0.0720. The molecule has 0 N–H and O–H groups in total. The number of aromatic nitrogens is 3. The van der Waals surface area contributed by atoms with Gasteiger partial charge in [-0.25, -0.2) is 4.98 Å². The van der Waals surface area contributed by atoms with E-state index in [0.717, 1.165) is 60.7 Å². The number of anilines is 1. The fourth-order valence-corrected chi connectivity index (χ4v) is 5.21. The van der Waals surface area contributed by atoms with E-state index >= 15 is 0 Å². The van der Waals surface area contributed by atoms with Gasteiger partial charge in [0.05, 0.1) is 34.1 Å². The van der Waals surface area contributed by atoms with Gasteiger partial charge in [-0.15, -0.1) is 0 Å². The first kappa shape index (κ1) is 22.2. The maximum Gasteiger partial charge on any atom is 0.278 e. The maximum atomic E-state index is 13.6. The summed E-state index contributed by atoms with van der Waals surface area (Å²) in [6.45, 7) is 11.5. The SMILES string of the molecule is CCn1nc(C)cc1C(=O)N(CCCN1CCOCC1)c1nc2c(C)ccc(Cl)c2s1. The van der Waals surface area contributed by atoms with Crippen molar-refractivity contribution in [2.75, 3.05) is 44.3 Å². The van der Waals surface area contributed by atoms with E-state index in [-0.39, 0.29) is 5.91 Å². The Bertz CT molecular complexity index is 1030. The van der Waals surface area contributed by atoms with Crippen LogP contribution in [0.3, 0.4) is 0 Å². The first-order valence-corrected chi connectivity index (χ1v) is 11.9. The first-order chi connectivity index (χ1) is 15.0. The highest BCUT2D eigenvalue weighted by atomic mass is 35.5. The summed E-state index contributed by atoms with van der Waals surface area (Å²) in [5, 5.41) is 5.81. The Balaban J connectivity index is 1.64. The van der Waals surface area contributed by atoms with Gasteiger partial charge < -0.3 is 4.74 Å². The Kier molecular flexibility index (Phi) is 6.91. The molecule has 1 aliphatic rings. The number of carbonyl (C=O) groups excluding carboxylic acids is 1. The van der Waals surface area contributed by atoms with Crippen molar-refractivity contribution in [1.82, 2.24) is 19.7 Å². The van der Waals surface area contributed by atoms with Crippen molar-refractivity contribution in [3.63, 3.8) is 0 Å². The van der Waals surface area contributed by atoms with Crippen molar-refractivity contribution in [2.45, 2.75) is 33.7 Å². The van der Waals surface area contributed by atoms with Crippen molar-refractivity contribution in [3.05, 3.63) is 40.2 Å². The number of fused-ring (bicyclic) bond motifs is 1. The fraction of sp³-hybridized carbons (Fsp3) is 0.500. The second kappa shape index (κ2) is 9.65. The molecule has 0 atom stereocenters. The quantitative estimate of drug-likeness (QED) is 0.528. The average molecular weight is 462 g/mol. The molecule has 31 heavy (non-hydrogen) atoms. The molecule has 3 heterocycles. The van der Waals surface area contributed by atoms with Crippen LogP contribution in [-0.2, 0) is 11.3 Å². The molecule has 9 heteroatoms. The van der Waals surface area contributed by atoms with Crippen molar-refractivity contribution in [1.29, 1.82) is 0 Å². The highest BCUT2D eigenvalue weighted by Gasteiger charge is 2.25. The third-order valence-corrected chi connectivity index (χ3v) is 7.08. The van der Waals surface area contributed by atoms with E-state index in [4.69, 9.17) is 21.3 Å². The van der Waals surface area contributed by atoms with Crippen LogP contribution in [0, 0.1) is 13.8 Å². The lowest BCUT2D eigenvalue weighted by Gasteiger charge is -2.27. The van der Waals surface area contributed by atoms with Gasteiger partial charge in [-0.2, -0.15) is 5.10 Å². The second-order valence-electron chi connectivity index (χ2n) is 7.79. The minimum atomic E-state index is -0.0720. The summed E-state index contributed by atoms with van der Waals surface area (Å²) < 4.78 is 8.12. The van der Waals surface area contributed by atoms with Crippen LogP contribution >= 0.6 is 22.9 Å². The second-order valence-corrected chi connectivity index (χ2v) is 9.17. The lowest BCUT2D eigenvalue weighted by molar-refractivity contribution is 0.0376. The topological polar surface area (TPSA) is 63.5 Å². The zero-order valence-corrected chi connectivity index (χ0v) is 19.8. The summed E-state index contributed by atoms with van der Waals surface area (Å²) in [4.78, 5) is 22.6. The third-order valence-electron chi connectivity index (χ3n) is 5.54. The van der Waals surface area contributed by atoms with E-state index in [1.807, 2.05) is 39.0 Å². The maximum absolute atomic E-state index is 13.6. The van der Waals surface area contributed by atoms with Crippen molar-refractivity contribution in [2.24, 2.45) is 0 Å². The van der Waals surface area contributed by atoms with E-state index in [1.54, 1.807) is 9.58 Å². The summed E-state index contributed by atoms with van der Waals surface area (Å²) >= 11 is 7.91. The van der Waals surface area contributed by atoms with Crippen LogP contribution in [-0.4, -0.2) is 65.0 Å². The molecule has 7 nitrogen and oxygen atoms in total. The highest BCUT2D eigenvalue weighted by Crippen LogP contribution is 2.36. The molecule has 1 aliphatic heterocycles. The van der Waals surface area contributed by atoms with E-state index in [1.165, 1.54) is 11.3 Å². The summed E-state index contributed by atoms with van der Waals surface area (Å²) in [6, 6.07) is 5.71. The molecule has 0 saturated carbocycles. The van der Waals surface area contributed by atoms with E-state index in [2.05, 4.69) is 10.00 Å². The molecule has 4 rings (SSSR count). The lowest BCUT2D eigenvalue weighted by Crippen LogP contribution is -2.39. The van der Waals surface area contributed by atoms with Gasteiger partial charge in [0.2, 0.25) is 0 Å². The van der Waals surface area contributed by atoms with Crippen molar-refractivity contribution in [3.8, 4) is 0 Å². The number of benzene rings is 1. The van der Waals surface area contributed by atoms with Crippen molar-refractivity contribution < 1.29 is 9.53 Å². The van der Waals surface area contributed by atoms with Gasteiger partial charge in [0.25, 0.3) is 5.91 Å². The van der Waals surface area contributed by atoms with Crippen LogP contribution in [0.4, 0.5) is 5.13 Å². The number of amides is 1. The molecular weight excluding hydrogens is 434 g/mol. The fourth-order valence-electron chi connectivity index (χ4n) is 3.86. The predicted octanol–water partition coefficient (Wildman–Crippen LogP) is 4.15. The molecule has 0 aliphatic carbocycles. The molecule has 0 radical (unpaired) electrons. The molecule has 0 bridgehead atoms. The standard InChI is InChI=1S/C22H28ClN5O2S/c1-4-28-18(14-16(3)25-28)21(29)27(9-5-8-26-10-12-30-13-11-26)22-24-19-15(2)6-7-17(23)20(19)31-22/h6-7,14H,4-5,8-13H2,1-3H3. The number of rotatable bonds is 7. The number of hydrogen-bond donors (Lipinski definition) is 0. The van der Waals surface area contributed by atoms with Gasteiger partial charge >= 0.3 is 0 Å². The smallest absolute Gasteiger partial charge is 0.278 e. The Labute approximate surface area is 191 Å². The van der Waals surface area contributed by atoms with Gasteiger partial charge in [0.1, 0.15) is 5.69 Å². The number of hydrogen-bond acceptors (Lipinski definition) is 6. The van der Waals surface area contributed by atoms with Gasteiger partial charge in [-0.05, 0) is 44.9 Å². The normalized spacial score (nSPS) is 15.0. The Hall–Kier alpha value is -2.00. The zero-order valence-electron chi connectivity index (χ0n) is 18.2. The van der Waals surface area contributed by atoms with E-state index in [9.17, 15) is 4.79 Å². The van der Waals surface area contributed by atoms with E-state index < -0.39 is 0 Å². The molecule has 1 aromatic carbocycles. The Morgan fingerprint density at radius 3 is 2.77 bits per heavy atom. The van der Waals surface area contributed by atoms with Gasteiger partial charge in [-0.1, -0.05) is 29.0 Å². The van der Waals surface area contributed by atoms with Crippen LogP contribution in [0.1, 0.15) is 35.1 Å². The first-order valence-electron chi connectivity index (χ1n) is 10.7. The Morgan fingerprint density at radius 2 is 2.06 bits per heavy atom. The monoisotopic (exact) mass is 461 g/mol. The molecule has 0 spiro atoms. The summed E-state index contributed by atoms with van der Waals surface area (Å²) in [7, 11) is 0. The van der Waals surface area contributed by atoms with Crippen LogP contribution in [0.5, 0.6) is 0 Å². The molecule has 1 fully saturated rings. The average Bonchev–Trinajstić information content (AvgIpc) is 3.39. The number of halogens is 1. The molecule has 0 unspecified atom stereocenters. The lowest BCUT2D eigenvalue weighted by atomic mass is 10.2. The van der Waals surface area contributed by atoms with Gasteiger partial charge in [0, 0.05) is 32.7 Å². The zero-order chi connectivity index (χ0) is 22.0. The minimum absolute atomic E-state index is 0.0720. The minimum Gasteiger partial charge on any atom is -0.379 e. The summed E-state index contributed by atoms with van der Waals surface area (Å²) in [6.07, 6.45) is 0.855. The van der Waals surface area contributed by atoms with Gasteiger partial charge in [-0.3, -0.25) is 19.3 Å². The number of nitrogens with zero attached hydrogens (tertiary/aromatic N) is 5. The van der Waals surface area contributed by atoms with E-state index in [0.29, 0.717) is 28.9 Å². The van der Waals surface area contributed by atoms with Gasteiger partial charge in [0.15, 0.2) is 5.13 Å². The number of thiazole rings is 1. The molecule has 1 saturated heterocycles. The number of morpholine rings is 1. The molecule has 3 aromatic rings. The van der Waals surface area contributed by atoms with Crippen LogP contribution in [0.2, 0.25) is 5.02 Å². The number of carbonyl (C=O) groups is 1. The van der Waals surface area contributed by atoms with Crippen LogP contribution < -0.4 is 4.90 Å². The van der Waals surface area contributed by atoms with Crippen LogP contribution in [0.25, 0.3) is 10.2 Å². The largest absolute Gasteiger partial charge is 0.379 e. The Morgan fingerprint density at radius 1 is 1.29 bits per heavy atom. The molecule has 1 amide bonds. The highest BCUT2D eigenvalue weighted by molar-refractivity contribution is 7.23. The number of ether oxygens (including phenoxy) is 1.